The number of pyridine rings is 1. The van der Waals surface area contributed by atoms with E-state index in [1.807, 2.05) is 24.3 Å². The van der Waals surface area contributed by atoms with Crippen LogP contribution in [0.25, 0.3) is 11.1 Å². The summed E-state index contributed by atoms with van der Waals surface area (Å²) in [5.74, 6) is -0.214. The van der Waals surface area contributed by atoms with Crippen LogP contribution in [0.5, 0.6) is 5.75 Å². The number of nitrogens with one attached hydrogen (secondary N) is 1. The molecule has 1 aliphatic heterocycles. The lowest BCUT2D eigenvalue weighted by molar-refractivity contribution is 0.0503. The van der Waals surface area contributed by atoms with Crippen LogP contribution in [0.15, 0.2) is 66.9 Å². The quantitative estimate of drug-likeness (QED) is 0.580. The van der Waals surface area contributed by atoms with Crippen molar-refractivity contribution in [2.75, 3.05) is 6.61 Å². The van der Waals surface area contributed by atoms with Crippen molar-refractivity contribution in [1.29, 1.82) is 0 Å². The van der Waals surface area contributed by atoms with Gasteiger partial charge in [0.2, 0.25) is 10.0 Å². The molecule has 0 spiro atoms. The molecule has 7 nitrogen and oxygen atoms in total. The Balaban J connectivity index is 1.40. The number of fused-ring (bicyclic) bond motifs is 1. The SMILES string of the molecule is O=C(NS(=O)(=O)C1CC1)c1ccccc1-c1ccc2c(c1)OCC(Cc1ccccn1)[C@@H]2O. The third-order valence-electron chi connectivity index (χ3n) is 6.11. The number of carbonyl (C=O) groups excluding carboxylic acids is 1. The van der Waals surface area contributed by atoms with Crippen molar-refractivity contribution in [3.8, 4) is 16.9 Å². The van der Waals surface area contributed by atoms with Crippen LogP contribution in [0.1, 0.15) is 40.6 Å². The van der Waals surface area contributed by atoms with Gasteiger partial charge in [0.05, 0.1) is 18.0 Å². The van der Waals surface area contributed by atoms with Crippen LogP contribution in [0.4, 0.5) is 0 Å². The molecule has 2 heterocycles. The highest BCUT2D eigenvalue weighted by Gasteiger charge is 2.37. The number of aliphatic hydroxyl groups excluding tert-OH is 1. The standard InChI is InChI=1S/C25H24N2O5S/c28-24-17(13-18-5-3-4-12-26-18)15-32-23-14-16(8-11-22(23)24)20-6-1-2-7-21(20)25(29)27-33(30,31)19-9-10-19/h1-8,11-12,14,17,19,24,28H,9-10,13,15H2,(H,27,29)/t17?,24-/m0/s1. The van der Waals surface area contributed by atoms with Crippen molar-refractivity contribution < 1.29 is 23.1 Å². The molecule has 1 fully saturated rings. The Bertz CT molecular complexity index is 1290. The fraction of sp³-hybridized carbons (Fsp3) is 0.280. The van der Waals surface area contributed by atoms with E-state index in [1.165, 1.54) is 0 Å². The Labute approximate surface area is 192 Å². The summed E-state index contributed by atoms with van der Waals surface area (Å²) in [6.07, 6.45) is 2.79. The van der Waals surface area contributed by atoms with Crippen LogP contribution < -0.4 is 9.46 Å². The summed E-state index contributed by atoms with van der Waals surface area (Å²) < 4.78 is 32.6. The average molecular weight is 465 g/mol. The first-order valence-corrected chi connectivity index (χ1v) is 12.5. The van der Waals surface area contributed by atoms with E-state index < -0.39 is 27.3 Å². The maximum Gasteiger partial charge on any atom is 0.265 e. The van der Waals surface area contributed by atoms with Crippen LogP contribution in [0.2, 0.25) is 0 Å². The van der Waals surface area contributed by atoms with E-state index in [0.29, 0.717) is 48.3 Å². The van der Waals surface area contributed by atoms with Crippen LogP contribution in [-0.2, 0) is 16.4 Å². The number of nitrogens with zero attached hydrogens (tertiary/aromatic N) is 1. The topological polar surface area (TPSA) is 106 Å². The smallest absolute Gasteiger partial charge is 0.265 e. The molecule has 8 heteroatoms. The van der Waals surface area contributed by atoms with Gasteiger partial charge in [0, 0.05) is 28.9 Å². The first-order valence-electron chi connectivity index (χ1n) is 10.9. The molecule has 2 aromatic carbocycles. The zero-order valence-corrected chi connectivity index (χ0v) is 18.7. The number of benzene rings is 2. The normalized spacial score (nSPS) is 19.9. The molecule has 5 rings (SSSR count). The number of aliphatic hydroxyl groups is 1. The van der Waals surface area contributed by atoms with Gasteiger partial charge >= 0.3 is 0 Å². The zero-order chi connectivity index (χ0) is 23.0. The maximum atomic E-state index is 12.8. The highest BCUT2D eigenvalue weighted by Crippen LogP contribution is 2.39. The maximum absolute atomic E-state index is 12.8. The van der Waals surface area contributed by atoms with Gasteiger partial charge in [-0.05, 0) is 54.7 Å². The van der Waals surface area contributed by atoms with Crippen molar-refractivity contribution in [3.05, 3.63) is 83.7 Å². The second-order valence-electron chi connectivity index (χ2n) is 8.51. The molecule has 1 saturated carbocycles. The number of hydrogen-bond donors (Lipinski definition) is 2. The molecule has 170 valence electrons. The van der Waals surface area contributed by atoms with Gasteiger partial charge in [-0.2, -0.15) is 0 Å². The fourth-order valence-corrected chi connectivity index (χ4v) is 5.44. The molecule has 1 aliphatic carbocycles. The summed E-state index contributed by atoms with van der Waals surface area (Å²) in [5, 5.41) is 10.5. The summed E-state index contributed by atoms with van der Waals surface area (Å²) >= 11 is 0. The number of rotatable bonds is 6. The molecule has 2 atom stereocenters. The predicted molar refractivity (Wildman–Crippen MR) is 123 cm³/mol. The van der Waals surface area contributed by atoms with E-state index in [0.717, 1.165) is 5.69 Å². The molecular formula is C25H24N2O5S. The van der Waals surface area contributed by atoms with E-state index in [9.17, 15) is 18.3 Å². The van der Waals surface area contributed by atoms with Crippen molar-refractivity contribution in [3.63, 3.8) is 0 Å². The lowest BCUT2D eigenvalue weighted by atomic mass is 9.88. The summed E-state index contributed by atoms with van der Waals surface area (Å²) in [7, 11) is -3.65. The highest BCUT2D eigenvalue weighted by molar-refractivity contribution is 7.91. The summed E-state index contributed by atoms with van der Waals surface area (Å²) in [6.45, 7) is 0.343. The van der Waals surface area contributed by atoms with Crippen LogP contribution >= 0.6 is 0 Å². The van der Waals surface area contributed by atoms with Crippen molar-refractivity contribution in [2.45, 2.75) is 30.6 Å². The van der Waals surface area contributed by atoms with Gasteiger partial charge < -0.3 is 9.84 Å². The second kappa shape index (κ2) is 8.61. The molecule has 1 unspecified atom stereocenters. The summed E-state index contributed by atoms with van der Waals surface area (Å²) in [4.78, 5) is 17.1. The lowest BCUT2D eigenvalue weighted by Gasteiger charge is -2.30. The van der Waals surface area contributed by atoms with E-state index in [1.54, 1.807) is 42.6 Å². The third kappa shape index (κ3) is 4.49. The van der Waals surface area contributed by atoms with Gasteiger partial charge in [-0.25, -0.2) is 13.1 Å². The van der Waals surface area contributed by atoms with Crippen molar-refractivity contribution in [2.24, 2.45) is 5.92 Å². The van der Waals surface area contributed by atoms with Crippen LogP contribution in [0, 0.1) is 5.92 Å². The van der Waals surface area contributed by atoms with E-state index in [-0.39, 0.29) is 11.5 Å². The number of aromatic nitrogens is 1. The molecule has 33 heavy (non-hydrogen) atoms. The Kier molecular flexibility index (Phi) is 5.64. The van der Waals surface area contributed by atoms with Crippen molar-refractivity contribution in [1.82, 2.24) is 9.71 Å². The molecule has 2 aliphatic rings. The average Bonchev–Trinajstić information content (AvgIpc) is 3.68. The van der Waals surface area contributed by atoms with Crippen LogP contribution in [0.3, 0.4) is 0 Å². The molecule has 2 N–H and O–H groups in total. The predicted octanol–water partition coefficient (Wildman–Crippen LogP) is 3.26. The van der Waals surface area contributed by atoms with Gasteiger partial charge in [0.25, 0.3) is 5.91 Å². The molecule has 0 radical (unpaired) electrons. The molecule has 0 bridgehead atoms. The fourth-order valence-electron chi connectivity index (χ4n) is 4.15. The van der Waals surface area contributed by atoms with Gasteiger partial charge in [-0.3, -0.25) is 9.78 Å². The van der Waals surface area contributed by atoms with Crippen LogP contribution in [-0.4, -0.2) is 36.3 Å². The molecule has 1 aromatic heterocycles. The Morgan fingerprint density at radius 3 is 2.64 bits per heavy atom. The van der Waals surface area contributed by atoms with E-state index in [2.05, 4.69) is 9.71 Å². The molecule has 1 amide bonds. The van der Waals surface area contributed by atoms with Gasteiger partial charge in [0.1, 0.15) is 5.75 Å². The molecule has 0 saturated heterocycles. The van der Waals surface area contributed by atoms with Gasteiger partial charge in [-0.15, -0.1) is 0 Å². The third-order valence-corrected chi connectivity index (χ3v) is 7.93. The Hall–Kier alpha value is -3.23. The number of amides is 1. The van der Waals surface area contributed by atoms with E-state index >= 15 is 0 Å². The highest BCUT2D eigenvalue weighted by atomic mass is 32.2. The number of carbonyl (C=O) groups is 1. The minimum absolute atomic E-state index is 0.121. The van der Waals surface area contributed by atoms with Gasteiger partial charge in [-0.1, -0.05) is 36.4 Å². The minimum atomic E-state index is -3.65. The number of ether oxygens (including phenoxy) is 1. The summed E-state index contributed by atoms with van der Waals surface area (Å²) in [5.41, 5.74) is 3.15. The first kappa shape index (κ1) is 21.6. The zero-order valence-electron chi connectivity index (χ0n) is 17.8. The molecular weight excluding hydrogens is 440 g/mol. The van der Waals surface area contributed by atoms with E-state index in [4.69, 9.17) is 4.74 Å². The number of sulfonamides is 1. The van der Waals surface area contributed by atoms with Gasteiger partial charge in [0.15, 0.2) is 0 Å². The Morgan fingerprint density at radius 1 is 1.09 bits per heavy atom. The second-order valence-corrected chi connectivity index (χ2v) is 10.5. The Morgan fingerprint density at radius 2 is 1.88 bits per heavy atom. The largest absolute Gasteiger partial charge is 0.493 e. The minimum Gasteiger partial charge on any atom is -0.493 e. The number of hydrogen-bond acceptors (Lipinski definition) is 6. The summed E-state index contributed by atoms with van der Waals surface area (Å²) in [6, 6.07) is 18.0. The van der Waals surface area contributed by atoms with Crippen molar-refractivity contribution >= 4 is 15.9 Å². The molecule has 3 aromatic rings. The first-order chi connectivity index (χ1) is 15.9. The monoisotopic (exact) mass is 464 g/mol. The lowest BCUT2D eigenvalue weighted by Crippen LogP contribution is -2.33.